The maximum absolute atomic E-state index is 10.8. The van der Waals surface area contributed by atoms with Gasteiger partial charge in [0, 0.05) is 19.3 Å². The van der Waals surface area contributed by atoms with Crippen molar-refractivity contribution < 1.29 is 9.90 Å². The molecule has 2 aromatic rings. The highest BCUT2D eigenvalue weighted by Crippen LogP contribution is 2.15. The van der Waals surface area contributed by atoms with Crippen molar-refractivity contribution in [2.75, 3.05) is 18.4 Å². The standard InChI is InChI=1S/C16H16N4O2/c21-16(22)12-5-3-11(4-6-12)10-20-15-13(2-1-7-17-15)14-18-8-9-19-14/h1-7H,8-10H2,(H,17,20)(H,18,19)(H,21,22). The number of rotatable bonds is 5. The predicted molar refractivity (Wildman–Crippen MR) is 84.4 cm³/mol. The summed E-state index contributed by atoms with van der Waals surface area (Å²) in [6, 6.07) is 10.6. The summed E-state index contributed by atoms with van der Waals surface area (Å²) < 4.78 is 0. The Morgan fingerprint density at radius 2 is 2.09 bits per heavy atom. The van der Waals surface area contributed by atoms with Crippen LogP contribution in [0.25, 0.3) is 0 Å². The molecule has 0 fully saturated rings. The lowest BCUT2D eigenvalue weighted by molar-refractivity contribution is 0.0697. The average molecular weight is 296 g/mol. The van der Waals surface area contributed by atoms with Gasteiger partial charge in [0.1, 0.15) is 11.7 Å². The molecule has 0 saturated heterocycles. The number of aliphatic imine (C=N–C) groups is 1. The van der Waals surface area contributed by atoms with Crippen LogP contribution in [0.4, 0.5) is 5.82 Å². The van der Waals surface area contributed by atoms with Crippen molar-refractivity contribution in [2.45, 2.75) is 6.54 Å². The summed E-state index contributed by atoms with van der Waals surface area (Å²) >= 11 is 0. The smallest absolute Gasteiger partial charge is 0.335 e. The zero-order valence-electron chi connectivity index (χ0n) is 11.9. The third kappa shape index (κ3) is 3.06. The van der Waals surface area contributed by atoms with Gasteiger partial charge in [-0.05, 0) is 29.8 Å². The van der Waals surface area contributed by atoms with E-state index in [2.05, 4.69) is 20.6 Å². The summed E-state index contributed by atoms with van der Waals surface area (Å²) in [7, 11) is 0. The molecule has 1 aromatic heterocycles. The van der Waals surface area contributed by atoms with Crippen molar-refractivity contribution in [1.82, 2.24) is 10.3 Å². The number of carboxylic acid groups (broad SMARTS) is 1. The fourth-order valence-corrected chi connectivity index (χ4v) is 2.27. The molecule has 6 nitrogen and oxygen atoms in total. The van der Waals surface area contributed by atoms with E-state index in [0.29, 0.717) is 6.54 Å². The Balaban J connectivity index is 1.72. The highest BCUT2D eigenvalue weighted by Gasteiger charge is 2.13. The van der Waals surface area contributed by atoms with Gasteiger partial charge in [-0.2, -0.15) is 0 Å². The third-order valence-electron chi connectivity index (χ3n) is 3.40. The van der Waals surface area contributed by atoms with E-state index in [1.165, 1.54) is 0 Å². The molecule has 1 aromatic carbocycles. The van der Waals surface area contributed by atoms with E-state index in [4.69, 9.17) is 5.11 Å². The largest absolute Gasteiger partial charge is 0.478 e. The molecule has 0 radical (unpaired) electrons. The molecule has 1 aliphatic heterocycles. The number of pyridine rings is 1. The number of carbonyl (C=O) groups is 1. The van der Waals surface area contributed by atoms with Crippen molar-refractivity contribution in [3.8, 4) is 0 Å². The van der Waals surface area contributed by atoms with Gasteiger partial charge in [-0.1, -0.05) is 12.1 Å². The van der Waals surface area contributed by atoms with E-state index in [1.807, 2.05) is 12.1 Å². The van der Waals surface area contributed by atoms with Crippen LogP contribution in [-0.2, 0) is 6.54 Å². The van der Waals surface area contributed by atoms with Crippen LogP contribution < -0.4 is 10.6 Å². The molecule has 0 spiro atoms. The van der Waals surface area contributed by atoms with Crippen molar-refractivity contribution in [3.05, 3.63) is 59.3 Å². The first-order chi connectivity index (χ1) is 10.7. The molecule has 2 heterocycles. The van der Waals surface area contributed by atoms with Crippen LogP contribution in [0.2, 0.25) is 0 Å². The van der Waals surface area contributed by atoms with Crippen molar-refractivity contribution in [3.63, 3.8) is 0 Å². The molecule has 1 aliphatic rings. The molecule has 3 rings (SSSR count). The Kier molecular flexibility index (Phi) is 4.00. The van der Waals surface area contributed by atoms with Crippen LogP contribution in [-0.4, -0.2) is 35.0 Å². The minimum Gasteiger partial charge on any atom is -0.478 e. The van der Waals surface area contributed by atoms with Crippen molar-refractivity contribution >= 4 is 17.6 Å². The first-order valence-corrected chi connectivity index (χ1v) is 7.04. The summed E-state index contributed by atoms with van der Waals surface area (Å²) in [5.74, 6) is 0.701. The summed E-state index contributed by atoms with van der Waals surface area (Å²) in [5, 5.41) is 15.4. The monoisotopic (exact) mass is 296 g/mol. The topological polar surface area (TPSA) is 86.6 Å². The van der Waals surface area contributed by atoms with Gasteiger partial charge in [-0.25, -0.2) is 9.78 Å². The van der Waals surface area contributed by atoms with Crippen LogP contribution in [0.15, 0.2) is 47.6 Å². The quantitative estimate of drug-likeness (QED) is 0.782. The maximum atomic E-state index is 10.8. The van der Waals surface area contributed by atoms with Crippen LogP contribution in [0.1, 0.15) is 21.5 Å². The molecule has 112 valence electrons. The lowest BCUT2D eigenvalue weighted by atomic mass is 10.1. The van der Waals surface area contributed by atoms with Gasteiger partial charge in [0.25, 0.3) is 0 Å². The highest BCUT2D eigenvalue weighted by atomic mass is 16.4. The molecule has 0 bridgehead atoms. The van der Waals surface area contributed by atoms with E-state index in [1.54, 1.807) is 30.5 Å². The lowest BCUT2D eigenvalue weighted by Crippen LogP contribution is -2.21. The first-order valence-electron chi connectivity index (χ1n) is 7.04. The highest BCUT2D eigenvalue weighted by molar-refractivity contribution is 6.03. The zero-order valence-corrected chi connectivity index (χ0v) is 11.9. The number of nitrogens with zero attached hydrogens (tertiary/aromatic N) is 2. The normalized spacial score (nSPS) is 13.4. The molecule has 3 N–H and O–H groups in total. The van der Waals surface area contributed by atoms with Gasteiger partial charge in [0.15, 0.2) is 0 Å². The Bertz CT molecular complexity index is 710. The molecule has 6 heteroatoms. The summed E-state index contributed by atoms with van der Waals surface area (Å²) in [4.78, 5) is 19.6. The summed E-state index contributed by atoms with van der Waals surface area (Å²) in [6.07, 6.45) is 1.73. The number of carboxylic acids is 1. The summed E-state index contributed by atoms with van der Waals surface area (Å²) in [6.45, 7) is 2.19. The minimum absolute atomic E-state index is 0.284. The SMILES string of the molecule is O=C(O)c1ccc(CNc2ncccc2C2=NCCN2)cc1. The van der Waals surface area contributed by atoms with E-state index < -0.39 is 5.97 Å². The Hall–Kier alpha value is -2.89. The number of aromatic carboxylic acids is 1. The number of hydrogen-bond acceptors (Lipinski definition) is 5. The minimum atomic E-state index is -0.920. The Morgan fingerprint density at radius 3 is 2.77 bits per heavy atom. The van der Waals surface area contributed by atoms with Crippen LogP contribution in [0.5, 0.6) is 0 Å². The van der Waals surface area contributed by atoms with E-state index in [0.717, 1.165) is 35.9 Å². The molecular formula is C16H16N4O2. The van der Waals surface area contributed by atoms with E-state index >= 15 is 0 Å². The maximum Gasteiger partial charge on any atom is 0.335 e. The zero-order chi connectivity index (χ0) is 15.4. The van der Waals surface area contributed by atoms with E-state index in [-0.39, 0.29) is 5.56 Å². The van der Waals surface area contributed by atoms with Gasteiger partial charge in [0.2, 0.25) is 0 Å². The van der Waals surface area contributed by atoms with Gasteiger partial charge < -0.3 is 15.7 Å². The summed E-state index contributed by atoms with van der Waals surface area (Å²) in [5.41, 5.74) is 2.22. The Morgan fingerprint density at radius 1 is 1.27 bits per heavy atom. The second-order valence-electron chi connectivity index (χ2n) is 4.91. The van der Waals surface area contributed by atoms with Crippen LogP contribution in [0.3, 0.4) is 0 Å². The van der Waals surface area contributed by atoms with Gasteiger partial charge in [-0.15, -0.1) is 0 Å². The lowest BCUT2D eigenvalue weighted by Gasteiger charge is -2.11. The number of anilines is 1. The second kappa shape index (κ2) is 6.26. The fraction of sp³-hybridized carbons (Fsp3) is 0.188. The molecule has 0 aliphatic carbocycles. The van der Waals surface area contributed by atoms with Crippen molar-refractivity contribution in [2.24, 2.45) is 4.99 Å². The van der Waals surface area contributed by atoms with Crippen LogP contribution >= 0.6 is 0 Å². The number of amidine groups is 1. The Labute approximate surface area is 127 Å². The number of hydrogen-bond donors (Lipinski definition) is 3. The van der Waals surface area contributed by atoms with E-state index in [9.17, 15) is 4.79 Å². The van der Waals surface area contributed by atoms with Crippen molar-refractivity contribution in [1.29, 1.82) is 0 Å². The number of aromatic nitrogens is 1. The van der Waals surface area contributed by atoms with Gasteiger partial charge >= 0.3 is 5.97 Å². The fourth-order valence-electron chi connectivity index (χ4n) is 2.27. The van der Waals surface area contributed by atoms with Gasteiger partial charge in [0.05, 0.1) is 17.7 Å². The number of nitrogens with one attached hydrogen (secondary N) is 2. The molecule has 0 amide bonds. The second-order valence-corrected chi connectivity index (χ2v) is 4.91. The molecule has 0 unspecified atom stereocenters. The third-order valence-corrected chi connectivity index (χ3v) is 3.40. The molecule has 22 heavy (non-hydrogen) atoms. The van der Waals surface area contributed by atoms with Crippen LogP contribution in [0, 0.1) is 0 Å². The molecular weight excluding hydrogens is 280 g/mol. The average Bonchev–Trinajstić information content (AvgIpc) is 3.08. The molecule has 0 saturated carbocycles. The predicted octanol–water partition coefficient (Wildman–Crippen LogP) is 1.74. The first kappa shape index (κ1) is 14.1. The van der Waals surface area contributed by atoms with Gasteiger partial charge in [-0.3, -0.25) is 4.99 Å². The number of benzene rings is 1. The molecule has 0 atom stereocenters.